The minimum Gasteiger partial charge on any atom is -0.372 e. The fraction of sp³-hybridized carbons (Fsp3) is 0.450. The molecule has 0 amide bonds. The number of anilines is 1. The molecule has 1 aromatic carbocycles. The molecule has 2 aromatic rings. The molecule has 4 nitrogen and oxygen atoms in total. The van der Waals surface area contributed by atoms with E-state index >= 15 is 0 Å². The number of nitrogens with one attached hydrogen (secondary N) is 1. The summed E-state index contributed by atoms with van der Waals surface area (Å²) in [7, 11) is 1.79. The van der Waals surface area contributed by atoms with Crippen LogP contribution in [0.25, 0.3) is 0 Å². The first kappa shape index (κ1) is 16.8. The van der Waals surface area contributed by atoms with E-state index in [1.807, 2.05) is 12.1 Å². The van der Waals surface area contributed by atoms with Crippen molar-refractivity contribution in [3.63, 3.8) is 0 Å². The maximum Gasteiger partial charge on any atom is 0.254 e. The molecule has 2 heterocycles. The van der Waals surface area contributed by atoms with Gasteiger partial charge in [-0.05, 0) is 56.0 Å². The number of hydrogen-bond acceptors (Lipinski definition) is 3. The first-order valence-corrected chi connectivity index (χ1v) is 8.93. The Morgan fingerprint density at radius 2 is 1.79 bits per heavy atom. The normalized spacial score (nSPS) is 14.8. The molecule has 0 radical (unpaired) electrons. The SMILES string of the molecule is Cn1cccc(CNCCc2ccc(N3CCCCC3)cc2)c1=O. The zero-order valence-electron chi connectivity index (χ0n) is 14.5. The van der Waals surface area contributed by atoms with Gasteiger partial charge in [0.05, 0.1) is 0 Å². The highest BCUT2D eigenvalue weighted by Crippen LogP contribution is 2.20. The Kier molecular flexibility index (Phi) is 5.70. The van der Waals surface area contributed by atoms with Crippen molar-refractivity contribution in [1.82, 2.24) is 9.88 Å². The van der Waals surface area contributed by atoms with Crippen molar-refractivity contribution in [2.24, 2.45) is 7.05 Å². The highest BCUT2D eigenvalue weighted by molar-refractivity contribution is 5.47. The van der Waals surface area contributed by atoms with Crippen LogP contribution < -0.4 is 15.8 Å². The minimum absolute atomic E-state index is 0.0795. The van der Waals surface area contributed by atoms with Gasteiger partial charge in [0.25, 0.3) is 5.56 Å². The number of nitrogens with zero attached hydrogens (tertiary/aromatic N) is 2. The van der Waals surface area contributed by atoms with Crippen LogP contribution in [0.3, 0.4) is 0 Å². The van der Waals surface area contributed by atoms with Crippen molar-refractivity contribution in [3.05, 3.63) is 64.1 Å². The largest absolute Gasteiger partial charge is 0.372 e. The molecule has 1 N–H and O–H groups in total. The van der Waals surface area contributed by atoms with Crippen LogP contribution >= 0.6 is 0 Å². The van der Waals surface area contributed by atoms with Gasteiger partial charge in [-0.1, -0.05) is 18.2 Å². The summed E-state index contributed by atoms with van der Waals surface area (Å²) in [4.78, 5) is 14.4. The van der Waals surface area contributed by atoms with Crippen molar-refractivity contribution in [1.29, 1.82) is 0 Å². The zero-order valence-corrected chi connectivity index (χ0v) is 14.5. The van der Waals surface area contributed by atoms with Crippen molar-refractivity contribution in [2.45, 2.75) is 32.2 Å². The number of benzene rings is 1. The molecule has 1 fully saturated rings. The van der Waals surface area contributed by atoms with Crippen LogP contribution in [-0.2, 0) is 20.0 Å². The van der Waals surface area contributed by atoms with Crippen LogP contribution in [0.1, 0.15) is 30.4 Å². The lowest BCUT2D eigenvalue weighted by molar-refractivity contribution is 0.578. The fourth-order valence-electron chi connectivity index (χ4n) is 3.27. The van der Waals surface area contributed by atoms with E-state index in [4.69, 9.17) is 0 Å². The Hall–Kier alpha value is -2.07. The van der Waals surface area contributed by atoms with Crippen LogP contribution in [0.4, 0.5) is 5.69 Å². The summed E-state index contributed by atoms with van der Waals surface area (Å²) in [5.41, 5.74) is 3.58. The van der Waals surface area contributed by atoms with Crippen LogP contribution in [0.2, 0.25) is 0 Å². The molecule has 0 saturated carbocycles. The average Bonchev–Trinajstić information content (AvgIpc) is 2.63. The molecule has 0 unspecified atom stereocenters. The third-order valence-corrected chi connectivity index (χ3v) is 4.77. The molecule has 0 atom stereocenters. The molecule has 4 heteroatoms. The Morgan fingerprint density at radius 1 is 1.04 bits per heavy atom. The third kappa shape index (κ3) is 4.26. The first-order valence-electron chi connectivity index (χ1n) is 8.93. The van der Waals surface area contributed by atoms with E-state index in [0.717, 1.165) is 18.5 Å². The van der Waals surface area contributed by atoms with Gasteiger partial charge in [-0.3, -0.25) is 4.79 Å². The van der Waals surface area contributed by atoms with Gasteiger partial charge in [0, 0.05) is 44.1 Å². The molecule has 0 bridgehead atoms. The monoisotopic (exact) mass is 325 g/mol. The van der Waals surface area contributed by atoms with Gasteiger partial charge in [-0.25, -0.2) is 0 Å². The number of rotatable bonds is 6. The number of hydrogen-bond donors (Lipinski definition) is 1. The Morgan fingerprint density at radius 3 is 2.54 bits per heavy atom. The van der Waals surface area contributed by atoms with Crippen molar-refractivity contribution >= 4 is 5.69 Å². The minimum atomic E-state index is 0.0795. The summed E-state index contributed by atoms with van der Waals surface area (Å²) in [6.45, 7) is 3.88. The van der Waals surface area contributed by atoms with Gasteiger partial charge >= 0.3 is 0 Å². The quantitative estimate of drug-likeness (QED) is 0.830. The van der Waals surface area contributed by atoms with E-state index < -0.39 is 0 Å². The van der Waals surface area contributed by atoms with E-state index in [0.29, 0.717) is 6.54 Å². The zero-order chi connectivity index (χ0) is 16.8. The van der Waals surface area contributed by atoms with E-state index in [-0.39, 0.29) is 5.56 Å². The first-order chi connectivity index (χ1) is 11.7. The molecule has 0 spiro atoms. The van der Waals surface area contributed by atoms with Gasteiger partial charge in [0.15, 0.2) is 0 Å². The van der Waals surface area contributed by atoms with E-state index in [1.165, 1.54) is 43.6 Å². The standard InChI is InChI=1S/C20H27N3O/c1-22-13-5-6-18(20(22)24)16-21-12-11-17-7-9-19(10-8-17)23-14-3-2-4-15-23/h5-10,13,21H,2-4,11-12,14-16H2,1H3. The lowest BCUT2D eigenvalue weighted by Gasteiger charge is -2.28. The van der Waals surface area contributed by atoms with E-state index in [1.54, 1.807) is 17.8 Å². The highest BCUT2D eigenvalue weighted by atomic mass is 16.1. The second-order valence-corrected chi connectivity index (χ2v) is 6.59. The van der Waals surface area contributed by atoms with Crippen molar-refractivity contribution in [3.8, 4) is 0 Å². The van der Waals surface area contributed by atoms with E-state index in [9.17, 15) is 4.79 Å². The predicted octanol–water partition coefficient (Wildman–Crippen LogP) is 2.71. The Bertz CT molecular complexity index is 700. The summed E-state index contributed by atoms with van der Waals surface area (Å²) in [6, 6.07) is 12.8. The number of piperidine rings is 1. The van der Waals surface area contributed by atoms with Crippen LogP contribution in [0.15, 0.2) is 47.4 Å². The Balaban J connectivity index is 1.46. The summed E-state index contributed by atoms with van der Waals surface area (Å²) < 4.78 is 1.62. The summed E-state index contributed by atoms with van der Waals surface area (Å²) >= 11 is 0. The topological polar surface area (TPSA) is 37.3 Å². The van der Waals surface area contributed by atoms with Gasteiger partial charge in [-0.2, -0.15) is 0 Å². The van der Waals surface area contributed by atoms with Crippen LogP contribution in [0.5, 0.6) is 0 Å². The van der Waals surface area contributed by atoms with Crippen molar-refractivity contribution < 1.29 is 0 Å². The van der Waals surface area contributed by atoms with Gasteiger partial charge < -0.3 is 14.8 Å². The maximum absolute atomic E-state index is 11.9. The summed E-state index contributed by atoms with van der Waals surface area (Å²) in [5, 5.41) is 3.37. The molecule has 24 heavy (non-hydrogen) atoms. The average molecular weight is 325 g/mol. The molecular formula is C20H27N3O. The molecule has 1 saturated heterocycles. The van der Waals surface area contributed by atoms with Gasteiger partial charge in [0.2, 0.25) is 0 Å². The van der Waals surface area contributed by atoms with Crippen LogP contribution in [0, 0.1) is 0 Å². The fourth-order valence-corrected chi connectivity index (χ4v) is 3.27. The maximum atomic E-state index is 11.9. The second-order valence-electron chi connectivity index (χ2n) is 6.59. The van der Waals surface area contributed by atoms with Gasteiger partial charge in [-0.15, -0.1) is 0 Å². The summed E-state index contributed by atoms with van der Waals surface area (Å²) in [6.07, 6.45) is 6.75. The second kappa shape index (κ2) is 8.15. The van der Waals surface area contributed by atoms with E-state index in [2.05, 4.69) is 34.5 Å². The lowest BCUT2D eigenvalue weighted by Crippen LogP contribution is -2.29. The van der Waals surface area contributed by atoms with Gasteiger partial charge in [0.1, 0.15) is 0 Å². The number of pyridine rings is 1. The molecule has 1 aliphatic heterocycles. The molecule has 3 rings (SSSR count). The predicted molar refractivity (Wildman–Crippen MR) is 99.6 cm³/mol. The summed E-state index contributed by atoms with van der Waals surface area (Å²) in [5.74, 6) is 0. The lowest BCUT2D eigenvalue weighted by atomic mass is 10.1. The van der Waals surface area contributed by atoms with Crippen LogP contribution in [-0.4, -0.2) is 24.2 Å². The smallest absolute Gasteiger partial charge is 0.254 e. The Labute approximate surface area is 144 Å². The molecule has 1 aliphatic rings. The van der Waals surface area contributed by atoms with Crippen molar-refractivity contribution in [2.75, 3.05) is 24.5 Å². The molecule has 1 aromatic heterocycles. The number of aromatic nitrogens is 1. The molecule has 0 aliphatic carbocycles. The number of aryl methyl sites for hydroxylation is 1. The third-order valence-electron chi connectivity index (χ3n) is 4.77. The highest BCUT2D eigenvalue weighted by Gasteiger charge is 2.10. The molecule has 128 valence electrons. The molecular weight excluding hydrogens is 298 g/mol.